The lowest BCUT2D eigenvalue weighted by molar-refractivity contribution is -0.119. The Kier molecular flexibility index (Phi) is 5.21. The topological polar surface area (TPSA) is 88.4 Å². The molecule has 6 nitrogen and oxygen atoms in total. The van der Waals surface area contributed by atoms with Crippen LogP contribution >= 0.6 is 0 Å². The fraction of sp³-hybridized carbons (Fsp3) is 0.267. The normalized spacial score (nSPS) is 11.1. The van der Waals surface area contributed by atoms with Crippen LogP contribution in [-0.2, 0) is 21.1 Å². The molecule has 2 aromatic rings. The Labute approximate surface area is 129 Å². The molecule has 0 aliphatic rings. The zero-order chi connectivity index (χ0) is 16.0. The Morgan fingerprint density at radius 1 is 1.18 bits per heavy atom. The summed E-state index contributed by atoms with van der Waals surface area (Å²) in [5.74, 6) is 0.684. The van der Waals surface area contributed by atoms with Gasteiger partial charge >= 0.3 is 0 Å². The van der Waals surface area contributed by atoms with Crippen LogP contribution in [0.25, 0.3) is 0 Å². The standard InChI is InChI=1S/C15H18N2O4S/c1-22(19,20)14-6-4-12(5-7-14)17-11-15(18)16-9-8-13-3-2-10-21-13/h2-7,10,17H,8-9,11H2,1H3,(H,16,18). The minimum atomic E-state index is -3.20. The summed E-state index contributed by atoms with van der Waals surface area (Å²) in [6.07, 6.45) is 3.39. The molecule has 1 amide bonds. The zero-order valence-electron chi connectivity index (χ0n) is 12.2. The lowest BCUT2D eigenvalue weighted by atomic mass is 10.3. The average Bonchev–Trinajstić information content (AvgIpc) is 2.98. The predicted octanol–water partition coefficient (Wildman–Crippen LogP) is 1.45. The third kappa shape index (κ3) is 4.92. The number of carbonyl (C=O) groups is 1. The Morgan fingerprint density at radius 3 is 2.50 bits per heavy atom. The molecule has 1 heterocycles. The van der Waals surface area contributed by atoms with Gasteiger partial charge in [-0.05, 0) is 36.4 Å². The highest BCUT2D eigenvalue weighted by Crippen LogP contribution is 2.13. The number of hydrogen-bond acceptors (Lipinski definition) is 5. The SMILES string of the molecule is CS(=O)(=O)c1ccc(NCC(=O)NCCc2ccco2)cc1. The summed E-state index contributed by atoms with van der Waals surface area (Å²) in [6.45, 7) is 0.622. The number of nitrogens with one attached hydrogen (secondary N) is 2. The molecule has 1 aromatic heterocycles. The minimum absolute atomic E-state index is 0.121. The Morgan fingerprint density at radius 2 is 1.91 bits per heavy atom. The van der Waals surface area contributed by atoms with E-state index in [2.05, 4.69) is 10.6 Å². The Bertz CT molecular complexity index is 707. The fourth-order valence-electron chi connectivity index (χ4n) is 1.84. The third-order valence-corrected chi connectivity index (χ3v) is 4.14. The summed E-state index contributed by atoms with van der Waals surface area (Å²) in [6, 6.07) is 9.94. The highest BCUT2D eigenvalue weighted by molar-refractivity contribution is 7.90. The van der Waals surface area contributed by atoms with Crippen LogP contribution in [-0.4, -0.2) is 33.7 Å². The monoisotopic (exact) mass is 322 g/mol. The van der Waals surface area contributed by atoms with Crippen LogP contribution in [0.5, 0.6) is 0 Å². The lowest BCUT2D eigenvalue weighted by Gasteiger charge is -2.08. The van der Waals surface area contributed by atoms with Gasteiger partial charge in [-0.3, -0.25) is 4.79 Å². The molecule has 0 radical (unpaired) electrons. The van der Waals surface area contributed by atoms with Gasteiger partial charge < -0.3 is 15.1 Å². The van der Waals surface area contributed by atoms with Crippen molar-refractivity contribution in [3.8, 4) is 0 Å². The quantitative estimate of drug-likeness (QED) is 0.805. The Hall–Kier alpha value is -2.28. The van der Waals surface area contributed by atoms with E-state index in [4.69, 9.17) is 4.42 Å². The van der Waals surface area contributed by atoms with Crippen LogP contribution in [0, 0.1) is 0 Å². The summed E-state index contributed by atoms with van der Waals surface area (Å²) in [4.78, 5) is 11.9. The van der Waals surface area contributed by atoms with Gasteiger partial charge in [0.15, 0.2) is 9.84 Å². The van der Waals surface area contributed by atoms with Crippen molar-refractivity contribution in [2.24, 2.45) is 0 Å². The van der Waals surface area contributed by atoms with E-state index in [1.807, 2.05) is 6.07 Å². The number of amides is 1. The van der Waals surface area contributed by atoms with Gasteiger partial charge in [0.1, 0.15) is 5.76 Å². The molecule has 22 heavy (non-hydrogen) atoms. The summed E-state index contributed by atoms with van der Waals surface area (Å²) < 4.78 is 27.8. The van der Waals surface area contributed by atoms with Crippen LogP contribution in [0.2, 0.25) is 0 Å². The van der Waals surface area contributed by atoms with E-state index in [9.17, 15) is 13.2 Å². The molecule has 0 spiro atoms. The third-order valence-electron chi connectivity index (χ3n) is 3.01. The maximum absolute atomic E-state index is 11.7. The number of hydrogen-bond donors (Lipinski definition) is 2. The molecular weight excluding hydrogens is 304 g/mol. The lowest BCUT2D eigenvalue weighted by Crippen LogP contribution is -2.31. The van der Waals surface area contributed by atoms with Gasteiger partial charge in [0.05, 0.1) is 17.7 Å². The number of rotatable bonds is 7. The molecule has 0 fully saturated rings. The van der Waals surface area contributed by atoms with Crippen LogP contribution < -0.4 is 10.6 Å². The predicted molar refractivity (Wildman–Crippen MR) is 83.5 cm³/mol. The van der Waals surface area contributed by atoms with E-state index < -0.39 is 9.84 Å². The molecule has 2 rings (SSSR count). The van der Waals surface area contributed by atoms with E-state index in [1.165, 1.54) is 12.1 Å². The zero-order valence-corrected chi connectivity index (χ0v) is 13.0. The van der Waals surface area contributed by atoms with E-state index >= 15 is 0 Å². The number of carbonyl (C=O) groups excluding carboxylic acids is 1. The summed E-state index contributed by atoms with van der Waals surface area (Å²) in [5, 5.41) is 5.71. The first kappa shape index (κ1) is 16.1. The number of furan rings is 1. The highest BCUT2D eigenvalue weighted by atomic mass is 32.2. The van der Waals surface area contributed by atoms with Gasteiger partial charge in [-0.25, -0.2) is 8.42 Å². The average molecular weight is 322 g/mol. The van der Waals surface area contributed by atoms with Gasteiger partial charge in [-0.2, -0.15) is 0 Å². The molecule has 7 heteroatoms. The van der Waals surface area contributed by atoms with Crippen molar-refractivity contribution in [1.82, 2.24) is 5.32 Å². The van der Waals surface area contributed by atoms with Crippen LogP contribution in [0.15, 0.2) is 52.0 Å². The Balaban J connectivity index is 1.74. The molecule has 2 N–H and O–H groups in total. The molecule has 0 unspecified atom stereocenters. The smallest absolute Gasteiger partial charge is 0.239 e. The van der Waals surface area contributed by atoms with Crippen molar-refractivity contribution in [2.75, 3.05) is 24.7 Å². The molecule has 118 valence electrons. The number of benzene rings is 1. The van der Waals surface area contributed by atoms with Crippen LogP contribution in [0.1, 0.15) is 5.76 Å². The summed E-state index contributed by atoms with van der Waals surface area (Å²) >= 11 is 0. The highest BCUT2D eigenvalue weighted by Gasteiger charge is 2.06. The van der Waals surface area contributed by atoms with Crippen molar-refractivity contribution in [3.05, 3.63) is 48.4 Å². The maximum Gasteiger partial charge on any atom is 0.239 e. The van der Waals surface area contributed by atoms with Crippen LogP contribution in [0.4, 0.5) is 5.69 Å². The van der Waals surface area contributed by atoms with Gasteiger partial charge in [0, 0.05) is 24.9 Å². The van der Waals surface area contributed by atoms with E-state index in [1.54, 1.807) is 24.5 Å². The molecule has 0 atom stereocenters. The molecule has 0 bridgehead atoms. The van der Waals surface area contributed by atoms with Crippen LogP contribution in [0.3, 0.4) is 0 Å². The van der Waals surface area contributed by atoms with Crippen molar-refractivity contribution >= 4 is 21.4 Å². The molecule has 0 aliphatic carbocycles. The van der Waals surface area contributed by atoms with Crippen molar-refractivity contribution < 1.29 is 17.6 Å². The minimum Gasteiger partial charge on any atom is -0.469 e. The fourth-order valence-corrected chi connectivity index (χ4v) is 2.48. The van der Waals surface area contributed by atoms with Crippen molar-refractivity contribution in [3.63, 3.8) is 0 Å². The van der Waals surface area contributed by atoms with E-state index in [-0.39, 0.29) is 17.3 Å². The van der Waals surface area contributed by atoms with E-state index in [0.717, 1.165) is 12.0 Å². The second kappa shape index (κ2) is 7.13. The van der Waals surface area contributed by atoms with E-state index in [0.29, 0.717) is 18.7 Å². The summed E-state index contributed by atoms with van der Waals surface area (Å²) in [5.41, 5.74) is 0.689. The van der Waals surface area contributed by atoms with Gasteiger partial charge in [-0.1, -0.05) is 0 Å². The summed E-state index contributed by atoms with van der Waals surface area (Å²) in [7, 11) is -3.20. The first-order chi connectivity index (χ1) is 10.4. The number of sulfone groups is 1. The largest absolute Gasteiger partial charge is 0.469 e. The first-order valence-electron chi connectivity index (χ1n) is 6.78. The maximum atomic E-state index is 11.7. The van der Waals surface area contributed by atoms with Gasteiger partial charge in [-0.15, -0.1) is 0 Å². The molecule has 0 aliphatic heterocycles. The molecule has 0 saturated carbocycles. The van der Waals surface area contributed by atoms with Crippen molar-refractivity contribution in [2.45, 2.75) is 11.3 Å². The molecular formula is C15H18N2O4S. The number of anilines is 1. The second-order valence-electron chi connectivity index (χ2n) is 4.83. The van der Waals surface area contributed by atoms with Gasteiger partial charge in [0.25, 0.3) is 0 Å². The van der Waals surface area contributed by atoms with Crippen molar-refractivity contribution in [1.29, 1.82) is 0 Å². The molecule has 0 saturated heterocycles. The van der Waals surface area contributed by atoms with Gasteiger partial charge in [0.2, 0.25) is 5.91 Å². The first-order valence-corrected chi connectivity index (χ1v) is 8.67. The second-order valence-corrected chi connectivity index (χ2v) is 6.85. The molecule has 1 aromatic carbocycles.